The van der Waals surface area contributed by atoms with Crippen LogP contribution in [0.1, 0.15) is 25.4 Å². The van der Waals surface area contributed by atoms with E-state index in [-0.39, 0.29) is 7.33 Å². The van der Waals surface area contributed by atoms with E-state index >= 15 is 0 Å². The molecule has 3 N–H and O–H groups in total. The third kappa shape index (κ3) is 4.47. The van der Waals surface area contributed by atoms with Crippen molar-refractivity contribution in [3.63, 3.8) is 0 Å². The van der Waals surface area contributed by atoms with Gasteiger partial charge in [-0.2, -0.15) is 0 Å². The first-order chi connectivity index (χ1) is 15.7. The predicted octanol–water partition coefficient (Wildman–Crippen LogP) is 5.57. The van der Waals surface area contributed by atoms with Crippen LogP contribution in [-0.2, 0) is 10.2 Å². The van der Waals surface area contributed by atoms with Gasteiger partial charge in [-0.1, -0.05) is 30.3 Å². The summed E-state index contributed by atoms with van der Waals surface area (Å²) in [5, 5.41) is 2.99. The standard InChI is InChI=1S/C25H29N3O4S.H2/c1-17-8-13-22(26-23(17)18-6-5-7-21(16-18)33(30,31)28(2)3)27-24(29)25(14-15-25)19-9-11-20(32-4)12-10-19;/h5-13,16,30-31H,14-15H2,1-4H3,(H,26,27,29);1H. The van der Waals surface area contributed by atoms with Crippen LogP contribution >= 0.6 is 10.8 Å². The molecule has 0 bridgehead atoms. The molecule has 0 spiro atoms. The summed E-state index contributed by atoms with van der Waals surface area (Å²) in [4.78, 5) is 18.3. The predicted molar refractivity (Wildman–Crippen MR) is 134 cm³/mol. The summed E-state index contributed by atoms with van der Waals surface area (Å²) in [6, 6.07) is 18.4. The van der Waals surface area contributed by atoms with Crippen molar-refractivity contribution in [3.05, 3.63) is 71.8 Å². The molecule has 4 rings (SSSR count). The van der Waals surface area contributed by atoms with Crippen LogP contribution in [0.4, 0.5) is 5.82 Å². The smallest absolute Gasteiger partial charge is 0.236 e. The zero-order valence-electron chi connectivity index (χ0n) is 19.2. The minimum atomic E-state index is -3.07. The fourth-order valence-electron chi connectivity index (χ4n) is 3.83. The zero-order valence-corrected chi connectivity index (χ0v) is 20.0. The molecule has 1 fully saturated rings. The fraction of sp³-hybridized carbons (Fsp3) is 0.280. The van der Waals surface area contributed by atoms with Gasteiger partial charge in [0.1, 0.15) is 11.6 Å². The van der Waals surface area contributed by atoms with E-state index < -0.39 is 16.2 Å². The van der Waals surface area contributed by atoms with Crippen molar-refractivity contribution >= 4 is 22.5 Å². The van der Waals surface area contributed by atoms with Crippen molar-refractivity contribution in [1.82, 2.24) is 9.29 Å². The average Bonchev–Trinajstić information content (AvgIpc) is 3.62. The van der Waals surface area contributed by atoms with Gasteiger partial charge in [0.2, 0.25) is 5.91 Å². The first-order valence-electron chi connectivity index (χ1n) is 10.7. The average molecular weight is 470 g/mol. The molecular formula is C25H31N3O4S. The molecule has 1 aliphatic carbocycles. The second-order valence-corrected chi connectivity index (χ2v) is 10.7. The summed E-state index contributed by atoms with van der Waals surface area (Å²) in [5.74, 6) is 1.14. The Morgan fingerprint density at radius 2 is 1.82 bits per heavy atom. The Labute approximate surface area is 197 Å². The number of hydrogen-bond donors (Lipinski definition) is 3. The van der Waals surface area contributed by atoms with Crippen LogP contribution in [0.3, 0.4) is 0 Å². The van der Waals surface area contributed by atoms with E-state index in [0.717, 1.165) is 35.3 Å². The molecule has 0 saturated heterocycles. The Kier molecular flexibility index (Phi) is 6.20. The summed E-state index contributed by atoms with van der Waals surface area (Å²) in [6.07, 6.45) is 1.57. The molecule has 176 valence electrons. The molecule has 1 aromatic heterocycles. The number of carbonyl (C=O) groups is 1. The van der Waals surface area contributed by atoms with Gasteiger partial charge in [-0.25, -0.2) is 9.29 Å². The lowest BCUT2D eigenvalue weighted by Gasteiger charge is -2.38. The Bertz CT molecular complexity index is 1180. The van der Waals surface area contributed by atoms with E-state index in [4.69, 9.17) is 9.72 Å². The summed E-state index contributed by atoms with van der Waals surface area (Å²) in [6.45, 7) is 1.93. The summed E-state index contributed by atoms with van der Waals surface area (Å²) in [5.41, 5.74) is 2.77. The second-order valence-electron chi connectivity index (χ2n) is 8.49. The summed E-state index contributed by atoms with van der Waals surface area (Å²) in [7, 11) is 1.80. The summed E-state index contributed by atoms with van der Waals surface area (Å²) < 4.78 is 27.6. The highest BCUT2D eigenvalue weighted by molar-refractivity contribution is 8.22. The van der Waals surface area contributed by atoms with E-state index in [1.807, 2.05) is 43.3 Å². The van der Waals surface area contributed by atoms with Crippen LogP contribution in [0.5, 0.6) is 5.75 Å². The number of carbonyl (C=O) groups excluding carboxylic acids is 1. The number of aryl methyl sites for hydroxylation is 1. The number of nitrogens with zero attached hydrogens (tertiary/aromatic N) is 2. The van der Waals surface area contributed by atoms with Crippen molar-refractivity contribution in [3.8, 4) is 17.0 Å². The molecule has 2 aromatic carbocycles. The second kappa shape index (κ2) is 8.79. The Morgan fingerprint density at radius 3 is 2.42 bits per heavy atom. The van der Waals surface area contributed by atoms with E-state index in [2.05, 4.69) is 5.32 Å². The SMILES string of the molecule is COc1ccc(C2(C(=O)Nc3ccc(C)c(-c4cccc(S(O)(O)N(C)C)c4)n3)CC2)cc1.[HH]. The topological polar surface area (TPSA) is 94.9 Å². The van der Waals surface area contributed by atoms with Gasteiger partial charge in [-0.3, -0.25) is 13.9 Å². The van der Waals surface area contributed by atoms with Gasteiger partial charge in [0.15, 0.2) is 0 Å². The Hall–Kier alpha value is -2.91. The molecule has 1 saturated carbocycles. The molecule has 0 atom stereocenters. The Morgan fingerprint density at radius 1 is 1.12 bits per heavy atom. The highest BCUT2D eigenvalue weighted by Crippen LogP contribution is 2.51. The third-order valence-electron chi connectivity index (χ3n) is 6.10. The summed E-state index contributed by atoms with van der Waals surface area (Å²) >= 11 is 0. The molecule has 1 amide bonds. The van der Waals surface area contributed by atoms with Gasteiger partial charge in [-0.15, -0.1) is 10.8 Å². The molecule has 1 aliphatic rings. The van der Waals surface area contributed by atoms with Crippen molar-refractivity contribution in [2.24, 2.45) is 0 Å². The van der Waals surface area contributed by atoms with Crippen LogP contribution in [0.2, 0.25) is 0 Å². The monoisotopic (exact) mass is 469 g/mol. The zero-order chi connectivity index (χ0) is 23.8. The van der Waals surface area contributed by atoms with Crippen molar-refractivity contribution in [1.29, 1.82) is 0 Å². The van der Waals surface area contributed by atoms with Crippen LogP contribution in [0, 0.1) is 6.92 Å². The maximum absolute atomic E-state index is 13.2. The van der Waals surface area contributed by atoms with E-state index in [0.29, 0.717) is 16.4 Å². The number of ether oxygens (including phenoxy) is 1. The van der Waals surface area contributed by atoms with Crippen LogP contribution in [-0.4, -0.2) is 45.5 Å². The van der Waals surface area contributed by atoms with Crippen LogP contribution < -0.4 is 10.1 Å². The number of nitrogens with one attached hydrogen (secondary N) is 1. The van der Waals surface area contributed by atoms with Crippen LogP contribution in [0.15, 0.2) is 65.6 Å². The third-order valence-corrected chi connectivity index (χ3v) is 8.00. The Balaban J connectivity index is 0.00000324. The number of aromatic nitrogens is 1. The maximum atomic E-state index is 13.2. The van der Waals surface area contributed by atoms with Gasteiger partial charge >= 0.3 is 0 Å². The molecule has 1 heterocycles. The van der Waals surface area contributed by atoms with Crippen molar-refractivity contribution < 1.29 is 20.1 Å². The van der Waals surface area contributed by atoms with Crippen molar-refractivity contribution in [2.75, 3.05) is 26.5 Å². The molecule has 7 nitrogen and oxygen atoms in total. The normalized spacial score (nSPS) is 15.2. The quantitative estimate of drug-likeness (QED) is 0.419. The molecule has 0 unspecified atom stereocenters. The lowest BCUT2D eigenvalue weighted by atomic mass is 9.95. The molecule has 3 aromatic rings. The van der Waals surface area contributed by atoms with Gasteiger partial charge in [0.05, 0.1) is 23.1 Å². The molecule has 0 aliphatic heterocycles. The number of anilines is 1. The van der Waals surface area contributed by atoms with Crippen LogP contribution in [0.25, 0.3) is 11.3 Å². The first kappa shape index (κ1) is 23.3. The van der Waals surface area contributed by atoms with E-state index in [1.54, 1.807) is 45.5 Å². The first-order valence-corrected chi connectivity index (χ1v) is 12.2. The van der Waals surface area contributed by atoms with Gasteiger partial charge in [-0.05, 0) is 61.2 Å². The van der Waals surface area contributed by atoms with E-state index in [9.17, 15) is 13.9 Å². The molecule has 8 heteroatoms. The fourth-order valence-corrected chi connectivity index (χ4v) is 4.80. The molecule has 33 heavy (non-hydrogen) atoms. The number of methoxy groups -OCH3 is 1. The number of benzene rings is 2. The lowest BCUT2D eigenvalue weighted by Crippen LogP contribution is -2.28. The largest absolute Gasteiger partial charge is 0.497 e. The molecular weight excluding hydrogens is 438 g/mol. The highest BCUT2D eigenvalue weighted by Gasteiger charge is 2.51. The molecule has 0 radical (unpaired) electrons. The van der Waals surface area contributed by atoms with Gasteiger partial charge < -0.3 is 10.1 Å². The van der Waals surface area contributed by atoms with Crippen molar-refractivity contribution in [2.45, 2.75) is 30.1 Å². The number of amides is 1. The minimum Gasteiger partial charge on any atom is -0.497 e. The van der Waals surface area contributed by atoms with Gasteiger partial charge in [0, 0.05) is 21.1 Å². The number of hydrogen-bond acceptors (Lipinski definition) is 6. The highest BCUT2D eigenvalue weighted by atomic mass is 32.3. The lowest BCUT2D eigenvalue weighted by molar-refractivity contribution is -0.118. The minimum absolute atomic E-state index is 0. The number of rotatable bonds is 7. The maximum Gasteiger partial charge on any atom is 0.236 e. The van der Waals surface area contributed by atoms with E-state index in [1.165, 1.54) is 4.31 Å². The number of pyridine rings is 1. The van der Waals surface area contributed by atoms with Gasteiger partial charge in [0.25, 0.3) is 0 Å².